The third-order valence-corrected chi connectivity index (χ3v) is 10.3. The molecule has 6 heterocycles. The van der Waals surface area contributed by atoms with Crippen molar-refractivity contribution in [2.75, 3.05) is 37.7 Å². The molecule has 1 amide bonds. The molecule has 252 valence electrons. The number of nitrogens with zero attached hydrogens (tertiary/aromatic N) is 8. The van der Waals surface area contributed by atoms with Crippen LogP contribution in [0.3, 0.4) is 0 Å². The van der Waals surface area contributed by atoms with Gasteiger partial charge in [0.15, 0.2) is 6.23 Å². The lowest BCUT2D eigenvalue weighted by Gasteiger charge is -2.47. The third kappa shape index (κ3) is 5.39. The van der Waals surface area contributed by atoms with Gasteiger partial charge < -0.3 is 19.3 Å². The average Bonchev–Trinajstić information content (AvgIpc) is 3.81. The summed E-state index contributed by atoms with van der Waals surface area (Å²) in [5.41, 5.74) is 6.67. The zero-order valence-electron chi connectivity index (χ0n) is 28.9. The summed E-state index contributed by atoms with van der Waals surface area (Å²) in [6.45, 7) is 11.2. The van der Waals surface area contributed by atoms with Gasteiger partial charge in [-0.3, -0.25) is 4.68 Å². The first-order chi connectivity index (χ1) is 23.5. The smallest absolute Gasteiger partial charge is 0.410 e. The molecule has 3 aromatic heterocycles. The molecule has 2 aromatic carbocycles. The lowest BCUT2D eigenvalue weighted by atomic mass is 9.79. The molecule has 1 unspecified atom stereocenters. The Labute approximate surface area is 286 Å². The maximum atomic E-state index is 12.8. The largest absolute Gasteiger partial charge is 0.444 e. The first kappa shape index (κ1) is 31.3. The highest BCUT2D eigenvalue weighted by Gasteiger charge is 2.51. The number of aryl methyl sites for hydroxylation is 2. The Morgan fingerprint density at radius 2 is 1.90 bits per heavy atom. The van der Waals surface area contributed by atoms with Crippen molar-refractivity contribution in [3.05, 3.63) is 59.9 Å². The van der Waals surface area contributed by atoms with E-state index >= 15 is 0 Å². The average molecular weight is 659 g/mol. The van der Waals surface area contributed by atoms with Crippen LogP contribution in [0.5, 0.6) is 0 Å². The van der Waals surface area contributed by atoms with Gasteiger partial charge in [-0.1, -0.05) is 18.2 Å². The number of pyridine rings is 1. The number of hydrogen-bond donors (Lipinski definition) is 0. The van der Waals surface area contributed by atoms with E-state index in [1.54, 1.807) is 11.1 Å². The number of nitriles is 1. The second kappa shape index (κ2) is 11.6. The molecule has 5 aromatic rings. The van der Waals surface area contributed by atoms with Gasteiger partial charge in [-0.15, -0.1) is 0 Å². The van der Waals surface area contributed by atoms with E-state index in [2.05, 4.69) is 53.3 Å². The lowest BCUT2D eigenvalue weighted by molar-refractivity contribution is -0.0366. The number of fused-ring (bicyclic) bond motifs is 2. The highest BCUT2D eigenvalue weighted by atomic mass is 16.6. The molecule has 3 fully saturated rings. The van der Waals surface area contributed by atoms with Gasteiger partial charge in [0.25, 0.3) is 0 Å². The normalized spacial score (nSPS) is 19.1. The molecular formula is C38H42N8O3. The van der Waals surface area contributed by atoms with Gasteiger partial charge >= 0.3 is 6.09 Å². The number of hydrogen-bond acceptors (Lipinski definition) is 8. The van der Waals surface area contributed by atoms with E-state index in [1.165, 1.54) is 0 Å². The number of anilines is 1. The van der Waals surface area contributed by atoms with Gasteiger partial charge in [0, 0.05) is 73.3 Å². The van der Waals surface area contributed by atoms with Crippen LogP contribution in [0.1, 0.15) is 63.8 Å². The summed E-state index contributed by atoms with van der Waals surface area (Å²) in [6, 6.07) is 15.1. The van der Waals surface area contributed by atoms with Gasteiger partial charge in [-0.2, -0.15) is 15.5 Å². The van der Waals surface area contributed by atoms with Gasteiger partial charge in [0.05, 0.1) is 22.9 Å². The van der Waals surface area contributed by atoms with Crippen LogP contribution in [-0.4, -0.2) is 73.9 Å². The second-order valence-electron chi connectivity index (χ2n) is 15.0. The Morgan fingerprint density at radius 3 is 2.61 bits per heavy atom. The number of rotatable bonds is 4. The number of benzene rings is 2. The van der Waals surface area contributed by atoms with Crippen LogP contribution in [0.15, 0.2) is 48.8 Å². The molecule has 0 N–H and O–H groups in total. The van der Waals surface area contributed by atoms with Crippen molar-refractivity contribution in [3.63, 3.8) is 0 Å². The fraction of sp³-hybridized carbons (Fsp3) is 0.447. The van der Waals surface area contributed by atoms with Gasteiger partial charge in [-0.25, -0.2) is 14.5 Å². The molecule has 0 radical (unpaired) electrons. The molecule has 11 nitrogen and oxygen atoms in total. The molecule has 1 atom stereocenters. The predicted molar refractivity (Wildman–Crippen MR) is 188 cm³/mol. The van der Waals surface area contributed by atoms with E-state index < -0.39 is 5.60 Å². The molecule has 49 heavy (non-hydrogen) atoms. The summed E-state index contributed by atoms with van der Waals surface area (Å²) in [6.07, 6.45) is 7.34. The van der Waals surface area contributed by atoms with Crippen molar-refractivity contribution < 1.29 is 14.3 Å². The maximum Gasteiger partial charge on any atom is 0.410 e. The highest BCUT2D eigenvalue weighted by Crippen LogP contribution is 2.46. The molecule has 1 spiro atoms. The predicted octanol–water partition coefficient (Wildman–Crippen LogP) is 6.98. The molecular weight excluding hydrogens is 616 g/mol. The van der Waals surface area contributed by atoms with E-state index in [1.807, 2.05) is 49.4 Å². The van der Waals surface area contributed by atoms with Crippen LogP contribution in [0, 0.1) is 23.7 Å². The topological polar surface area (TPSA) is 114 Å². The van der Waals surface area contributed by atoms with Crippen LogP contribution < -0.4 is 4.90 Å². The Balaban J connectivity index is 1.26. The van der Waals surface area contributed by atoms with Gasteiger partial charge in [-0.05, 0) is 82.7 Å². The van der Waals surface area contributed by atoms with E-state index in [0.29, 0.717) is 31.0 Å². The molecule has 3 aliphatic heterocycles. The highest BCUT2D eigenvalue weighted by molar-refractivity contribution is 6.09. The number of aromatic nitrogens is 5. The van der Waals surface area contributed by atoms with E-state index in [9.17, 15) is 10.1 Å². The standard InChI is InChI=1S/C38H42N8O3/c1-24-9-12-31-28(20-41-46(31)32-8-6-7-17-48-32)33(24)34-26-11-10-25(30-13-15-40-43(30)5)18-29(26)42-35(27(34)19-39)44-16-14-38(21-44)22-45(23-38)36(47)49-37(2,3)4/h9-13,15,18,20,32H,6-8,14,16-17,21-23H2,1-5H3. The number of carbonyl (C=O) groups excluding carboxylic acids is 1. The minimum atomic E-state index is -0.538. The summed E-state index contributed by atoms with van der Waals surface area (Å²) >= 11 is 0. The number of carbonyl (C=O) groups is 1. The summed E-state index contributed by atoms with van der Waals surface area (Å²) in [4.78, 5) is 22.1. The number of ether oxygens (including phenoxy) is 2. The summed E-state index contributed by atoms with van der Waals surface area (Å²) < 4.78 is 15.6. The van der Waals surface area contributed by atoms with Crippen molar-refractivity contribution in [2.45, 2.75) is 65.2 Å². The SMILES string of the molecule is Cc1ccc2c(cnn2C2CCCCO2)c1-c1c(C#N)c(N2CCC3(CN(C(=O)OC(C)(C)C)C3)C2)nc2cc(-c3ccnn3C)ccc12. The Kier molecular flexibility index (Phi) is 7.41. The Hall–Kier alpha value is -4.95. The van der Waals surface area contributed by atoms with E-state index in [-0.39, 0.29) is 17.7 Å². The van der Waals surface area contributed by atoms with Crippen molar-refractivity contribution in [2.24, 2.45) is 12.5 Å². The lowest BCUT2D eigenvalue weighted by Crippen LogP contribution is -2.60. The monoisotopic (exact) mass is 658 g/mol. The molecule has 0 bridgehead atoms. The minimum Gasteiger partial charge on any atom is -0.444 e. The molecule has 3 saturated heterocycles. The van der Waals surface area contributed by atoms with E-state index in [4.69, 9.17) is 19.6 Å². The van der Waals surface area contributed by atoms with Crippen LogP contribution >= 0.6 is 0 Å². The number of likely N-dealkylation sites (tertiary alicyclic amines) is 1. The fourth-order valence-corrected chi connectivity index (χ4v) is 7.96. The van der Waals surface area contributed by atoms with Crippen molar-refractivity contribution in [1.82, 2.24) is 29.4 Å². The molecule has 0 saturated carbocycles. The van der Waals surface area contributed by atoms with Crippen LogP contribution in [0.2, 0.25) is 0 Å². The van der Waals surface area contributed by atoms with Gasteiger partial charge in [0.2, 0.25) is 0 Å². The van der Waals surface area contributed by atoms with Crippen LogP contribution in [0.25, 0.3) is 44.2 Å². The summed E-state index contributed by atoms with van der Waals surface area (Å²) in [7, 11) is 1.93. The summed E-state index contributed by atoms with van der Waals surface area (Å²) in [5, 5.41) is 22.1. The maximum absolute atomic E-state index is 12.8. The molecule has 8 rings (SSSR count). The Morgan fingerprint density at radius 1 is 1.06 bits per heavy atom. The zero-order chi connectivity index (χ0) is 34.1. The Bertz CT molecular complexity index is 2140. The van der Waals surface area contributed by atoms with Gasteiger partial charge in [0.1, 0.15) is 23.1 Å². The molecule has 3 aliphatic rings. The first-order valence-electron chi connectivity index (χ1n) is 17.2. The van der Waals surface area contributed by atoms with Crippen LogP contribution in [-0.2, 0) is 16.5 Å². The molecule has 0 aliphatic carbocycles. The quantitative estimate of drug-likeness (QED) is 0.203. The van der Waals surface area contributed by atoms with Crippen molar-refractivity contribution in [3.8, 4) is 28.5 Å². The summed E-state index contributed by atoms with van der Waals surface area (Å²) in [5.74, 6) is 0.680. The molecule has 11 heteroatoms. The third-order valence-electron chi connectivity index (χ3n) is 10.3. The van der Waals surface area contributed by atoms with Crippen LogP contribution in [0.4, 0.5) is 10.6 Å². The zero-order valence-corrected chi connectivity index (χ0v) is 28.9. The van der Waals surface area contributed by atoms with Crippen molar-refractivity contribution >= 4 is 33.7 Å². The van der Waals surface area contributed by atoms with Crippen molar-refractivity contribution in [1.29, 1.82) is 5.26 Å². The second-order valence-corrected chi connectivity index (χ2v) is 15.0. The first-order valence-corrected chi connectivity index (χ1v) is 17.2. The van der Waals surface area contributed by atoms with E-state index in [0.717, 1.165) is 88.6 Å². The minimum absolute atomic E-state index is 0.0615. The fourth-order valence-electron chi connectivity index (χ4n) is 7.96. The number of amides is 1.